The molecule has 0 aliphatic carbocycles. The fourth-order valence-electron chi connectivity index (χ4n) is 0.684. The molecule has 11 heavy (non-hydrogen) atoms. The van der Waals surface area contributed by atoms with Crippen LogP contribution in [0.4, 0.5) is 0 Å². The van der Waals surface area contributed by atoms with Crippen LogP contribution in [0, 0.1) is 0 Å². The van der Waals surface area contributed by atoms with Crippen LogP contribution < -0.4 is 0 Å². The number of aromatic nitrogens is 1. The Bertz CT molecular complexity index is 263. The summed E-state index contributed by atoms with van der Waals surface area (Å²) in [4.78, 5) is 5.10. The molecule has 1 aromatic heterocycles. The summed E-state index contributed by atoms with van der Waals surface area (Å²) in [6.07, 6.45) is 0. The van der Waals surface area contributed by atoms with E-state index in [2.05, 4.69) is 43.4 Å². The van der Waals surface area contributed by atoms with Gasteiger partial charge in [-0.1, -0.05) is 20.4 Å². The van der Waals surface area contributed by atoms with Crippen LogP contribution in [-0.2, 0) is 0 Å². The number of thiol groups is 1. The van der Waals surface area contributed by atoms with E-state index in [1.807, 2.05) is 0 Å². The zero-order valence-corrected chi connectivity index (χ0v) is 8.38. The van der Waals surface area contributed by atoms with E-state index in [0.29, 0.717) is 5.92 Å². The lowest BCUT2D eigenvalue weighted by Gasteiger charge is -1.96. The van der Waals surface area contributed by atoms with Crippen molar-refractivity contribution >= 4 is 28.9 Å². The SMILES string of the molecule is C=C(S)c1nc(C(C)C)cs1. The predicted molar refractivity (Wildman–Crippen MR) is 54.2 cm³/mol. The summed E-state index contributed by atoms with van der Waals surface area (Å²) in [6.45, 7) is 7.96. The van der Waals surface area contributed by atoms with E-state index in [1.165, 1.54) is 0 Å². The summed E-state index contributed by atoms with van der Waals surface area (Å²) in [7, 11) is 0. The van der Waals surface area contributed by atoms with Crippen molar-refractivity contribution in [1.29, 1.82) is 0 Å². The van der Waals surface area contributed by atoms with Crippen molar-refractivity contribution in [3.05, 3.63) is 22.7 Å². The number of nitrogens with zero attached hydrogens (tertiary/aromatic N) is 1. The number of thiazole rings is 1. The van der Waals surface area contributed by atoms with Gasteiger partial charge < -0.3 is 0 Å². The van der Waals surface area contributed by atoms with Crippen molar-refractivity contribution in [2.75, 3.05) is 0 Å². The van der Waals surface area contributed by atoms with Crippen molar-refractivity contribution in [3.63, 3.8) is 0 Å². The van der Waals surface area contributed by atoms with Gasteiger partial charge in [0.15, 0.2) is 0 Å². The van der Waals surface area contributed by atoms with Crippen molar-refractivity contribution in [3.8, 4) is 0 Å². The summed E-state index contributed by atoms with van der Waals surface area (Å²) in [6, 6.07) is 0. The molecule has 1 aromatic rings. The molecule has 0 unspecified atom stereocenters. The number of rotatable bonds is 2. The number of hydrogen-bond donors (Lipinski definition) is 1. The van der Waals surface area contributed by atoms with Gasteiger partial charge in [-0.05, 0) is 5.92 Å². The maximum absolute atomic E-state index is 4.35. The second-order valence-corrected chi connectivity index (χ2v) is 4.08. The fourth-order valence-corrected chi connectivity index (χ4v) is 1.74. The molecule has 0 aliphatic rings. The van der Waals surface area contributed by atoms with Crippen LogP contribution in [0.5, 0.6) is 0 Å². The van der Waals surface area contributed by atoms with Crippen LogP contribution in [0.2, 0.25) is 0 Å². The van der Waals surface area contributed by atoms with Gasteiger partial charge in [-0.3, -0.25) is 0 Å². The molecule has 0 N–H and O–H groups in total. The summed E-state index contributed by atoms with van der Waals surface area (Å²) < 4.78 is 0. The summed E-state index contributed by atoms with van der Waals surface area (Å²) in [5, 5.41) is 2.98. The Balaban J connectivity index is 2.90. The Morgan fingerprint density at radius 1 is 1.73 bits per heavy atom. The Morgan fingerprint density at radius 3 is 2.64 bits per heavy atom. The maximum Gasteiger partial charge on any atom is 0.129 e. The lowest BCUT2D eigenvalue weighted by Crippen LogP contribution is -1.86. The topological polar surface area (TPSA) is 12.9 Å². The Kier molecular flexibility index (Phi) is 2.73. The standard InChI is InChI=1S/C8H11NS2/c1-5(2)7-4-11-8(9-7)6(3)10/h4-5,10H,3H2,1-2H3. The molecule has 0 aromatic carbocycles. The van der Waals surface area contributed by atoms with E-state index in [4.69, 9.17) is 0 Å². The van der Waals surface area contributed by atoms with E-state index >= 15 is 0 Å². The Morgan fingerprint density at radius 2 is 2.36 bits per heavy atom. The fraction of sp³-hybridized carbons (Fsp3) is 0.375. The van der Waals surface area contributed by atoms with E-state index in [0.717, 1.165) is 15.6 Å². The predicted octanol–water partition coefficient (Wildman–Crippen LogP) is 3.17. The molecule has 1 rings (SSSR count). The zero-order valence-electron chi connectivity index (χ0n) is 6.66. The van der Waals surface area contributed by atoms with Gasteiger partial charge in [0, 0.05) is 10.3 Å². The average molecular weight is 185 g/mol. The van der Waals surface area contributed by atoms with Crippen LogP contribution >= 0.6 is 24.0 Å². The summed E-state index contributed by atoms with van der Waals surface area (Å²) in [5.74, 6) is 0.493. The molecule has 0 amide bonds. The third-order valence-electron chi connectivity index (χ3n) is 1.36. The van der Waals surface area contributed by atoms with Gasteiger partial charge in [0.2, 0.25) is 0 Å². The van der Waals surface area contributed by atoms with Crippen molar-refractivity contribution in [2.24, 2.45) is 0 Å². The van der Waals surface area contributed by atoms with Crippen LogP contribution in [0.3, 0.4) is 0 Å². The smallest absolute Gasteiger partial charge is 0.129 e. The third kappa shape index (κ3) is 2.07. The van der Waals surface area contributed by atoms with Gasteiger partial charge in [0.05, 0.1) is 5.69 Å². The van der Waals surface area contributed by atoms with Crippen molar-refractivity contribution in [1.82, 2.24) is 4.98 Å². The minimum Gasteiger partial charge on any atom is -0.240 e. The Labute approximate surface area is 76.6 Å². The molecular formula is C8H11NS2. The molecule has 0 saturated heterocycles. The normalized spacial score (nSPS) is 10.5. The molecule has 3 heteroatoms. The second kappa shape index (κ2) is 3.41. The highest BCUT2D eigenvalue weighted by atomic mass is 32.1. The Hall–Kier alpha value is -0.280. The van der Waals surface area contributed by atoms with Crippen LogP contribution in [0.1, 0.15) is 30.5 Å². The van der Waals surface area contributed by atoms with Gasteiger partial charge in [-0.15, -0.1) is 24.0 Å². The van der Waals surface area contributed by atoms with Crippen LogP contribution in [0.15, 0.2) is 12.0 Å². The molecular weight excluding hydrogens is 174 g/mol. The van der Waals surface area contributed by atoms with E-state index in [9.17, 15) is 0 Å². The maximum atomic E-state index is 4.35. The van der Waals surface area contributed by atoms with Crippen LogP contribution in [0.25, 0.3) is 4.91 Å². The van der Waals surface area contributed by atoms with Crippen molar-refractivity contribution < 1.29 is 0 Å². The summed E-state index contributed by atoms with van der Waals surface area (Å²) in [5.41, 5.74) is 1.13. The quantitative estimate of drug-likeness (QED) is 0.698. The first-order chi connectivity index (χ1) is 5.11. The third-order valence-corrected chi connectivity index (χ3v) is 2.64. The lowest BCUT2D eigenvalue weighted by molar-refractivity contribution is 0.832. The first-order valence-corrected chi connectivity index (χ1v) is 4.77. The molecule has 0 saturated carbocycles. The highest BCUT2D eigenvalue weighted by Gasteiger charge is 2.05. The highest BCUT2D eigenvalue weighted by molar-refractivity contribution is 7.90. The van der Waals surface area contributed by atoms with E-state index < -0.39 is 0 Å². The molecule has 0 atom stereocenters. The molecule has 60 valence electrons. The monoisotopic (exact) mass is 185 g/mol. The van der Waals surface area contributed by atoms with Gasteiger partial charge in [-0.2, -0.15) is 0 Å². The average Bonchev–Trinajstić information content (AvgIpc) is 2.33. The minimum absolute atomic E-state index is 0.493. The molecule has 0 aliphatic heterocycles. The van der Waals surface area contributed by atoms with E-state index in [-0.39, 0.29) is 0 Å². The molecule has 0 bridgehead atoms. The second-order valence-electron chi connectivity index (χ2n) is 2.68. The molecule has 1 heterocycles. The van der Waals surface area contributed by atoms with Gasteiger partial charge in [0.1, 0.15) is 5.01 Å². The van der Waals surface area contributed by atoms with Crippen molar-refractivity contribution in [2.45, 2.75) is 19.8 Å². The number of hydrogen-bond acceptors (Lipinski definition) is 3. The lowest BCUT2D eigenvalue weighted by atomic mass is 10.2. The van der Waals surface area contributed by atoms with Gasteiger partial charge in [-0.25, -0.2) is 4.98 Å². The first-order valence-electron chi connectivity index (χ1n) is 3.45. The van der Waals surface area contributed by atoms with E-state index in [1.54, 1.807) is 11.3 Å². The van der Waals surface area contributed by atoms with Gasteiger partial charge in [0.25, 0.3) is 0 Å². The zero-order chi connectivity index (χ0) is 8.43. The first kappa shape index (κ1) is 8.81. The highest BCUT2D eigenvalue weighted by Crippen LogP contribution is 2.23. The molecule has 0 spiro atoms. The minimum atomic E-state index is 0.493. The molecule has 0 fully saturated rings. The van der Waals surface area contributed by atoms with Gasteiger partial charge >= 0.3 is 0 Å². The van der Waals surface area contributed by atoms with Crippen LogP contribution in [-0.4, -0.2) is 4.98 Å². The largest absolute Gasteiger partial charge is 0.240 e. The summed E-state index contributed by atoms with van der Waals surface area (Å²) >= 11 is 5.72. The molecule has 1 nitrogen and oxygen atoms in total. The molecule has 0 radical (unpaired) electrons.